The third-order valence-corrected chi connectivity index (χ3v) is 3.53. The molecule has 1 unspecified atom stereocenters. The number of carbonyl (C=O) groups is 2. The number of nitrogens with zero attached hydrogens (tertiary/aromatic N) is 1. The van der Waals surface area contributed by atoms with Gasteiger partial charge in [0.25, 0.3) is 0 Å². The summed E-state index contributed by atoms with van der Waals surface area (Å²) in [7, 11) is 0. The standard InChI is InChI=1S/C15H21N3O2/c1-11(16)15(20)18-9-5-6-12(10-18)14(19)17-13-7-3-2-4-8-13/h2-4,7-8,11-12H,5-6,9-10,16H2,1H3,(H,17,19)/t11-,12?/m1/s1. The van der Waals surface area contributed by atoms with E-state index in [1.165, 1.54) is 0 Å². The van der Waals surface area contributed by atoms with Gasteiger partial charge in [-0.15, -0.1) is 0 Å². The van der Waals surface area contributed by atoms with Crippen molar-refractivity contribution in [1.82, 2.24) is 4.90 Å². The van der Waals surface area contributed by atoms with Crippen molar-refractivity contribution in [2.45, 2.75) is 25.8 Å². The maximum Gasteiger partial charge on any atom is 0.239 e. The summed E-state index contributed by atoms with van der Waals surface area (Å²) >= 11 is 0. The van der Waals surface area contributed by atoms with E-state index < -0.39 is 6.04 Å². The summed E-state index contributed by atoms with van der Waals surface area (Å²) < 4.78 is 0. The minimum Gasteiger partial charge on any atom is -0.341 e. The van der Waals surface area contributed by atoms with Crippen molar-refractivity contribution >= 4 is 17.5 Å². The van der Waals surface area contributed by atoms with Crippen molar-refractivity contribution in [1.29, 1.82) is 0 Å². The first-order chi connectivity index (χ1) is 9.58. The van der Waals surface area contributed by atoms with Crippen LogP contribution in [0.5, 0.6) is 0 Å². The lowest BCUT2D eigenvalue weighted by molar-refractivity contribution is -0.135. The number of amides is 2. The zero-order valence-corrected chi connectivity index (χ0v) is 11.7. The van der Waals surface area contributed by atoms with E-state index in [9.17, 15) is 9.59 Å². The predicted octanol–water partition coefficient (Wildman–Crippen LogP) is 1.21. The third kappa shape index (κ3) is 3.57. The Balaban J connectivity index is 1.95. The highest BCUT2D eigenvalue weighted by Crippen LogP contribution is 2.19. The van der Waals surface area contributed by atoms with Gasteiger partial charge in [0.05, 0.1) is 12.0 Å². The number of hydrogen-bond donors (Lipinski definition) is 2. The molecule has 0 aliphatic carbocycles. The van der Waals surface area contributed by atoms with Crippen LogP contribution in [-0.2, 0) is 9.59 Å². The molecule has 0 saturated carbocycles. The molecule has 0 radical (unpaired) electrons. The van der Waals surface area contributed by atoms with E-state index in [-0.39, 0.29) is 17.7 Å². The minimum absolute atomic E-state index is 0.0293. The van der Waals surface area contributed by atoms with E-state index in [4.69, 9.17) is 5.73 Å². The first-order valence-corrected chi connectivity index (χ1v) is 6.98. The van der Waals surface area contributed by atoms with Gasteiger partial charge in [-0.05, 0) is 31.9 Å². The summed E-state index contributed by atoms with van der Waals surface area (Å²) in [6.45, 7) is 2.82. The molecule has 5 heteroatoms. The normalized spacial score (nSPS) is 20.3. The fourth-order valence-electron chi connectivity index (χ4n) is 2.45. The quantitative estimate of drug-likeness (QED) is 0.870. The SMILES string of the molecule is C[C@@H](N)C(=O)N1CCCC(C(=O)Nc2ccccc2)C1. The van der Waals surface area contributed by atoms with E-state index in [1.807, 2.05) is 30.3 Å². The van der Waals surface area contributed by atoms with Gasteiger partial charge in [-0.3, -0.25) is 9.59 Å². The number of nitrogens with one attached hydrogen (secondary N) is 1. The molecule has 2 rings (SSSR count). The van der Waals surface area contributed by atoms with E-state index in [0.29, 0.717) is 13.1 Å². The number of nitrogens with two attached hydrogens (primary N) is 1. The van der Waals surface area contributed by atoms with Gasteiger partial charge in [0.2, 0.25) is 11.8 Å². The van der Waals surface area contributed by atoms with Crippen molar-refractivity contribution < 1.29 is 9.59 Å². The summed E-state index contributed by atoms with van der Waals surface area (Å²) in [6.07, 6.45) is 1.65. The lowest BCUT2D eigenvalue weighted by Crippen LogP contribution is -2.48. The van der Waals surface area contributed by atoms with E-state index in [2.05, 4.69) is 5.32 Å². The van der Waals surface area contributed by atoms with Crippen molar-refractivity contribution in [3.05, 3.63) is 30.3 Å². The Morgan fingerprint density at radius 3 is 2.70 bits per heavy atom. The molecule has 0 spiro atoms. The number of likely N-dealkylation sites (tertiary alicyclic amines) is 1. The Morgan fingerprint density at radius 1 is 1.35 bits per heavy atom. The molecular weight excluding hydrogens is 254 g/mol. The summed E-state index contributed by atoms with van der Waals surface area (Å²) in [6, 6.07) is 8.85. The zero-order valence-electron chi connectivity index (χ0n) is 11.7. The summed E-state index contributed by atoms with van der Waals surface area (Å²) in [5.41, 5.74) is 6.41. The second-order valence-corrected chi connectivity index (χ2v) is 5.27. The largest absolute Gasteiger partial charge is 0.341 e. The average Bonchev–Trinajstić information content (AvgIpc) is 2.47. The van der Waals surface area contributed by atoms with E-state index in [0.717, 1.165) is 18.5 Å². The fraction of sp³-hybridized carbons (Fsp3) is 0.467. The topological polar surface area (TPSA) is 75.4 Å². The monoisotopic (exact) mass is 275 g/mol. The number of hydrogen-bond acceptors (Lipinski definition) is 3. The molecule has 1 saturated heterocycles. The smallest absolute Gasteiger partial charge is 0.239 e. The predicted molar refractivity (Wildman–Crippen MR) is 78.0 cm³/mol. The number of para-hydroxylation sites is 1. The second kappa shape index (κ2) is 6.52. The molecule has 0 bridgehead atoms. The average molecular weight is 275 g/mol. The number of piperidine rings is 1. The maximum absolute atomic E-state index is 12.2. The Bertz CT molecular complexity index is 473. The van der Waals surface area contributed by atoms with Gasteiger partial charge in [0.1, 0.15) is 0 Å². The van der Waals surface area contributed by atoms with Gasteiger partial charge in [-0.1, -0.05) is 18.2 Å². The molecule has 0 aromatic heterocycles. The molecule has 1 aromatic carbocycles. The number of anilines is 1. The first kappa shape index (κ1) is 14.5. The third-order valence-electron chi connectivity index (χ3n) is 3.53. The molecule has 3 N–H and O–H groups in total. The van der Waals surface area contributed by atoms with Crippen LogP contribution in [0.25, 0.3) is 0 Å². The molecule has 5 nitrogen and oxygen atoms in total. The Labute approximate surface area is 119 Å². The zero-order chi connectivity index (χ0) is 14.5. The van der Waals surface area contributed by atoms with Crippen molar-refractivity contribution in [3.8, 4) is 0 Å². The highest BCUT2D eigenvalue weighted by molar-refractivity contribution is 5.93. The molecule has 1 aromatic rings. The van der Waals surface area contributed by atoms with E-state index in [1.54, 1.807) is 11.8 Å². The molecular formula is C15H21N3O2. The molecule has 2 amide bonds. The minimum atomic E-state index is -0.508. The lowest BCUT2D eigenvalue weighted by atomic mass is 9.96. The Kier molecular flexibility index (Phi) is 4.74. The summed E-state index contributed by atoms with van der Waals surface area (Å²) in [4.78, 5) is 25.8. The second-order valence-electron chi connectivity index (χ2n) is 5.27. The van der Waals surface area contributed by atoms with Gasteiger partial charge >= 0.3 is 0 Å². The van der Waals surface area contributed by atoms with Gasteiger partial charge in [0, 0.05) is 18.8 Å². The number of carbonyl (C=O) groups excluding carboxylic acids is 2. The Hall–Kier alpha value is -1.88. The molecule has 108 valence electrons. The molecule has 2 atom stereocenters. The van der Waals surface area contributed by atoms with Crippen LogP contribution >= 0.6 is 0 Å². The number of rotatable bonds is 3. The van der Waals surface area contributed by atoms with Gasteiger partial charge < -0.3 is 16.0 Å². The highest BCUT2D eigenvalue weighted by Gasteiger charge is 2.29. The van der Waals surface area contributed by atoms with E-state index >= 15 is 0 Å². The fourth-order valence-corrected chi connectivity index (χ4v) is 2.45. The Morgan fingerprint density at radius 2 is 2.05 bits per heavy atom. The molecule has 1 aliphatic rings. The van der Waals surface area contributed by atoms with Crippen LogP contribution in [-0.4, -0.2) is 35.8 Å². The molecule has 20 heavy (non-hydrogen) atoms. The first-order valence-electron chi connectivity index (χ1n) is 6.98. The maximum atomic E-state index is 12.2. The van der Waals surface area contributed by atoms with Crippen molar-refractivity contribution in [2.24, 2.45) is 11.7 Å². The molecule has 1 heterocycles. The van der Waals surface area contributed by atoms with Crippen molar-refractivity contribution in [3.63, 3.8) is 0 Å². The van der Waals surface area contributed by atoms with Gasteiger partial charge in [-0.2, -0.15) is 0 Å². The van der Waals surface area contributed by atoms with Crippen LogP contribution in [0.1, 0.15) is 19.8 Å². The number of benzene rings is 1. The van der Waals surface area contributed by atoms with Crippen LogP contribution in [0.15, 0.2) is 30.3 Å². The van der Waals surface area contributed by atoms with Crippen LogP contribution in [0, 0.1) is 5.92 Å². The van der Waals surface area contributed by atoms with Crippen LogP contribution in [0.4, 0.5) is 5.69 Å². The van der Waals surface area contributed by atoms with Crippen LogP contribution < -0.4 is 11.1 Å². The highest BCUT2D eigenvalue weighted by atomic mass is 16.2. The van der Waals surface area contributed by atoms with Crippen LogP contribution in [0.2, 0.25) is 0 Å². The van der Waals surface area contributed by atoms with Crippen LogP contribution in [0.3, 0.4) is 0 Å². The summed E-state index contributed by atoms with van der Waals surface area (Å²) in [5.74, 6) is -0.271. The molecule has 1 aliphatic heterocycles. The summed E-state index contributed by atoms with van der Waals surface area (Å²) in [5, 5.41) is 2.89. The lowest BCUT2D eigenvalue weighted by Gasteiger charge is -2.33. The van der Waals surface area contributed by atoms with Gasteiger partial charge in [0.15, 0.2) is 0 Å². The van der Waals surface area contributed by atoms with Crippen molar-refractivity contribution in [2.75, 3.05) is 18.4 Å². The van der Waals surface area contributed by atoms with Gasteiger partial charge in [-0.25, -0.2) is 0 Å². The molecule has 1 fully saturated rings.